The summed E-state index contributed by atoms with van der Waals surface area (Å²) in [6.45, 7) is 1.70. The predicted molar refractivity (Wildman–Crippen MR) is 71.2 cm³/mol. The number of anilines is 2. The highest BCUT2D eigenvalue weighted by Crippen LogP contribution is 2.32. The van der Waals surface area contributed by atoms with Gasteiger partial charge in [-0.05, 0) is 36.7 Å². The van der Waals surface area contributed by atoms with Crippen molar-refractivity contribution in [1.82, 2.24) is 9.97 Å². The van der Waals surface area contributed by atoms with Gasteiger partial charge in [0.2, 0.25) is 5.28 Å². The molecule has 0 saturated heterocycles. The smallest absolute Gasteiger partial charge is 0.339 e. The van der Waals surface area contributed by atoms with Gasteiger partial charge >= 0.3 is 6.18 Å². The number of nitriles is 1. The average Bonchev–Trinajstić information content (AvgIpc) is 2.42. The minimum absolute atomic E-state index is 0.00600. The van der Waals surface area contributed by atoms with Gasteiger partial charge in [0.25, 0.3) is 0 Å². The first-order chi connectivity index (χ1) is 9.81. The van der Waals surface area contributed by atoms with Gasteiger partial charge in [-0.1, -0.05) is 0 Å². The Morgan fingerprint density at radius 1 is 1.33 bits per heavy atom. The Labute approximate surface area is 123 Å². The Balaban J connectivity index is 2.41. The zero-order chi connectivity index (χ0) is 15.6. The maximum Gasteiger partial charge on any atom is 0.416 e. The first-order valence-corrected chi connectivity index (χ1v) is 6.06. The molecular formula is C13H8ClF3N4. The van der Waals surface area contributed by atoms with Crippen LogP contribution in [0.3, 0.4) is 0 Å². The van der Waals surface area contributed by atoms with Crippen molar-refractivity contribution in [2.45, 2.75) is 13.1 Å². The molecular weight excluding hydrogens is 305 g/mol. The fraction of sp³-hybridized carbons (Fsp3) is 0.154. The molecule has 1 N–H and O–H groups in total. The van der Waals surface area contributed by atoms with Crippen LogP contribution in [0, 0.1) is 18.3 Å². The van der Waals surface area contributed by atoms with Crippen LogP contribution >= 0.6 is 11.6 Å². The highest BCUT2D eigenvalue weighted by atomic mass is 35.5. The van der Waals surface area contributed by atoms with Crippen molar-refractivity contribution in [2.24, 2.45) is 0 Å². The number of alkyl halides is 3. The molecule has 0 fully saturated rings. The largest absolute Gasteiger partial charge is 0.416 e. The summed E-state index contributed by atoms with van der Waals surface area (Å²) in [5.41, 5.74) is -0.174. The Morgan fingerprint density at radius 3 is 2.67 bits per heavy atom. The van der Waals surface area contributed by atoms with Crippen molar-refractivity contribution >= 4 is 23.1 Å². The van der Waals surface area contributed by atoms with Crippen molar-refractivity contribution in [3.63, 3.8) is 0 Å². The van der Waals surface area contributed by atoms with E-state index in [2.05, 4.69) is 15.3 Å². The molecule has 0 atom stereocenters. The lowest BCUT2D eigenvalue weighted by Gasteiger charge is -2.12. The van der Waals surface area contributed by atoms with E-state index < -0.39 is 11.7 Å². The van der Waals surface area contributed by atoms with Crippen LogP contribution in [-0.4, -0.2) is 9.97 Å². The molecule has 108 valence electrons. The molecule has 4 nitrogen and oxygen atoms in total. The SMILES string of the molecule is Cc1cnc(Cl)nc1Nc1ccc(C(F)(F)F)cc1C#N. The first-order valence-electron chi connectivity index (χ1n) is 5.69. The van der Waals surface area contributed by atoms with Crippen LogP contribution in [0.5, 0.6) is 0 Å². The van der Waals surface area contributed by atoms with E-state index in [0.717, 1.165) is 12.1 Å². The average molecular weight is 313 g/mol. The normalized spacial score (nSPS) is 11.0. The van der Waals surface area contributed by atoms with Crippen LogP contribution in [0.25, 0.3) is 0 Å². The third-order valence-corrected chi connectivity index (χ3v) is 2.84. The minimum Gasteiger partial charge on any atom is -0.339 e. The van der Waals surface area contributed by atoms with E-state index in [-0.39, 0.29) is 16.5 Å². The molecule has 0 spiro atoms. The number of aryl methyl sites for hydroxylation is 1. The number of nitrogens with one attached hydrogen (secondary N) is 1. The second kappa shape index (κ2) is 5.58. The number of hydrogen-bond acceptors (Lipinski definition) is 4. The third-order valence-electron chi connectivity index (χ3n) is 2.66. The fourth-order valence-corrected chi connectivity index (χ4v) is 1.73. The van der Waals surface area contributed by atoms with Crippen LogP contribution in [0.2, 0.25) is 5.28 Å². The van der Waals surface area contributed by atoms with Gasteiger partial charge in [-0.25, -0.2) is 9.97 Å². The van der Waals surface area contributed by atoms with Gasteiger partial charge < -0.3 is 5.32 Å². The van der Waals surface area contributed by atoms with E-state index in [1.165, 1.54) is 12.3 Å². The Morgan fingerprint density at radius 2 is 2.05 bits per heavy atom. The molecule has 2 aromatic rings. The molecule has 21 heavy (non-hydrogen) atoms. The molecule has 0 aliphatic rings. The number of aromatic nitrogens is 2. The summed E-state index contributed by atoms with van der Waals surface area (Å²) in [5.74, 6) is 0.325. The molecule has 0 amide bonds. The van der Waals surface area contributed by atoms with Crippen molar-refractivity contribution in [2.75, 3.05) is 5.32 Å². The molecule has 8 heteroatoms. The topological polar surface area (TPSA) is 61.6 Å². The van der Waals surface area contributed by atoms with E-state index in [1.54, 1.807) is 13.0 Å². The van der Waals surface area contributed by atoms with Gasteiger partial charge in [0.1, 0.15) is 11.9 Å². The Kier molecular flexibility index (Phi) is 4.00. The molecule has 0 saturated carbocycles. The standard InChI is InChI=1S/C13H8ClF3N4/c1-7-6-19-12(14)21-11(7)20-10-3-2-9(13(15,16)17)4-8(10)5-18/h2-4,6H,1H3,(H,19,20,21). The lowest BCUT2D eigenvalue weighted by atomic mass is 10.1. The summed E-state index contributed by atoms with van der Waals surface area (Å²) < 4.78 is 37.8. The van der Waals surface area contributed by atoms with Gasteiger partial charge in [-0.3, -0.25) is 0 Å². The molecule has 0 unspecified atom stereocenters. The van der Waals surface area contributed by atoms with Crippen LogP contribution < -0.4 is 5.32 Å². The first kappa shape index (κ1) is 15.1. The van der Waals surface area contributed by atoms with Gasteiger partial charge in [-0.15, -0.1) is 0 Å². The van der Waals surface area contributed by atoms with Crippen molar-refractivity contribution in [3.8, 4) is 6.07 Å². The lowest BCUT2D eigenvalue weighted by molar-refractivity contribution is -0.137. The molecule has 2 rings (SSSR count). The number of benzene rings is 1. The zero-order valence-electron chi connectivity index (χ0n) is 10.7. The zero-order valence-corrected chi connectivity index (χ0v) is 11.4. The van der Waals surface area contributed by atoms with Gasteiger partial charge in [0.15, 0.2) is 0 Å². The van der Waals surface area contributed by atoms with Crippen molar-refractivity contribution in [3.05, 3.63) is 46.4 Å². The van der Waals surface area contributed by atoms with Crippen LogP contribution in [0.1, 0.15) is 16.7 Å². The van der Waals surface area contributed by atoms with E-state index in [4.69, 9.17) is 16.9 Å². The molecule has 1 aromatic carbocycles. The lowest BCUT2D eigenvalue weighted by Crippen LogP contribution is -2.06. The second-order valence-electron chi connectivity index (χ2n) is 4.17. The fourth-order valence-electron chi connectivity index (χ4n) is 1.60. The number of nitrogens with zero attached hydrogens (tertiary/aromatic N) is 3. The summed E-state index contributed by atoms with van der Waals surface area (Å²) in [6.07, 6.45) is -3.04. The Hall–Kier alpha value is -2.33. The van der Waals surface area contributed by atoms with E-state index in [1.807, 2.05) is 0 Å². The molecule has 0 bridgehead atoms. The summed E-state index contributed by atoms with van der Waals surface area (Å²) in [4.78, 5) is 7.70. The van der Waals surface area contributed by atoms with Crippen LogP contribution in [-0.2, 0) is 6.18 Å². The van der Waals surface area contributed by atoms with Crippen molar-refractivity contribution in [1.29, 1.82) is 5.26 Å². The van der Waals surface area contributed by atoms with E-state index >= 15 is 0 Å². The van der Waals surface area contributed by atoms with Crippen LogP contribution in [0.4, 0.5) is 24.7 Å². The third kappa shape index (κ3) is 3.41. The van der Waals surface area contributed by atoms with Crippen LogP contribution in [0.15, 0.2) is 24.4 Å². The van der Waals surface area contributed by atoms with Gasteiger partial charge in [0.05, 0.1) is 16.8 Å². The van der Waals surface area contributed by atoms with E-state index in [9.17, 15) is 13.2 Å². The quantitative estimate of drug-likeness (QED) is 0.849. The molecule has 1 aromatic heterocycles. The molecule has 0 radical (unpaired) electrons. The Bertz CT molecular complexity index is 722. The summed E-state index contributed by atoms with van der Waals surface area (Å²) in [7, 11) is 0. The highest BCUT2D eigenvalue weighted by Gasteiger charge is 2.31. The maximum atomic E-state index is 12.6. The monoisotopic (exact) mass is 312 g/mol. The maximum absolute atomic E-state index is 12.6. The highest BCUT2D eigenvalue weighted by molar-refractivity contribution is 6.28. The number of hydrogen-bond donors (Lipinski definition) is 1. The van der Waals surface area contributed by atoms with Gasteiger partial charge in [-0.2, -0.15) is 18.4 Å². The van der Waals surface area contributed by atoms with Gasteiger partial charge in [0, 0.05) is 11.8 Å². The predicted octanol–water partition coefficient (Wildman–Crippen LogP) is 4.07. The molecule has 0 aliphatic carbocycles. The summed E-state index contributed by atoms with van der Waals surface area (Å²) in [5, 5.41) is 11.8. The number of rotatable bonds is 2. The summed E-state index contributed by atoms with van der Waals surface area (Å²) >= 11 is 5.67. The van der Waals surface area contributed by atoms with E-state index in [0.29, 0.717) is 11.4 Å². The minimum atomic E-state index is -4.50. The molecule has 0 aliphatic heterocycles. The second-order valence-corrected chi connectivity index (χ2v) is 4.50. The molecule has 1 heterocycles. The number of halogens is 4. The van der Waals surface area contributed by atoms with Crippen molar-refractivity contribution < 1.29 is 13.2 Å². The summed E-state index contributed by atoms with van der Waals surface area (Å²) in [6, 6.07) is 4.57.